The summed E-state index contributed by atoms with van der Waals surface area (Å²) >= 11 is 0. The second-order valence-corrected chi connectivity index (χ2v) is 8.74. The molecule has 0 radical (unpaired) electrons. The molecule has 1 aliphatic heterocycles. The predicted octanol–water partition coefficient (Wildman–Crippen LogP) is 1.98. The number of fused-ring (bicyclic) bond motifs is 1. The highest BCUT2D eigenvalue weighted by Gasteiger charge is 2.38. The number of sulfonamides is 1. The zero-order chi connectivity index (χ0) is 19.0. The molecule has 27 heavy (non-hydrogen) atoms. The lowest BCUT2D eigenvalue weighted by atomic mass is 9.74. The van der Waals surface area contributed by atoms with E-state index in [1.54, 1.807) is 0 Å². The Balaban J connectivity index is 1.57. The van der Waals surface area contributed by atoms with Crippen molar-refractivity contribution < 1.29 is 18.1 Å². The number of hydrazone groups is 1. The number of hydrogen-bond acceptors (Lipinski definition) is 7. The van der Waals surface area contributed by atoms with E-state index in [0.29, 0.717) is 25.0 Å². The Morgan fingerprint density at radius 3 is 2.78 bits per heavy atom. The molecule has 0 amide bonds. The van der Waals surface area contributed by atoms with Gasteiger partial charge in [-0.15, -0.1) is 0 Å². The molecule has 2 atom stereocenters. The van der Waals surface area contributed by atoms with E-state index >= 15 is 0 Å². The van der Waals surface area contributed by atoms with Gasteiger partial charge in [0, 0.05) is 30.8 Å². The summed E-state index contributed by atoms with van der Waals surface area (Å²) in [4.78, 5) is 10.8. The number of ether oxygens (including phenoxy) is 1. The number of anilines is 1. The Labute approximate surface area is 156 Å². The number of nitro groups is 1. The molecule has 0 bridgehead atoms. The van der Waals surface area contributed by atoms with Crippen LogP contribution in [0, 0.1) is 22.0 Å². The van der Waals surface area contributed by atoms with E-state index in [1.807, 2.05) is 0 Å². The molecular formula is C17H20N4O5S. The molecule has 144 valence electrons. The number of nitrogens with zero attached hydrogens (tertiary/aromatic N) is 3. The van der Waals surface area contributed by atoms with Crippen molar-refractivity contribution in [3.63, 3.8) is 0 Å². The molecule has 9 nitrogen and oxygen atoms in total. The first-order chi connectivity index (χ1) is 13.0. The molecule has 2 aliphatic carbocycles. The summed E-state index contributed by atoms with van der Waals surface area (Å²) in [6.45, 7) is 1.10. The van der Waals surface area contributed by atoms with Crippen molar-refractivity contribution in [2.45, 2.75) is 17.7 Å². The van der Waals surface area contributed by atoms with Crippen LogP contribution in [0.5, 0.6) is 0 Å². The van der Waals surface area contributed by atoms with E-state index in [0.717, 1.165) is 24.6 Å². The number of nitrogens with one attached hydrogen (secondary N) is 1. The number of hydrogen-bond donors (Lipinski definition) is 1. The van der Waals surface area contributed by atoms with Gasteiger partial charge >= 0.3 is 0 Å². The zero-order valence-corrected chi connectivity index (χ0v) is 15.4. The highest BCUT2D eigenvalue weighted by atomic mass is 32.2. The van der Waals surface area contributed by atoms with Gasteiger partial charge in [-0.3, -0.25) is 15.5 Å². The van der Waals surface area contributed by atoms with Crippen LogP contribution in [0.15, 0.2) is 40.3 Å². The predicted molar refractivity (Wildman–Crippen MR) is 99.1 cm³/mol. The molecular weight excluding hydrogens is 372 g/mol. The molecule has 2 fully saturated rings. The Morgan fingerprint density at radius 2 is 2.07 bits per heavy atom. The van der Waals surface area contributed by atoms with Crippen LogP contribution in [-0.4, -0.2) is 49.7 Å². The van der Waals surface area contributed by atoms with Gasteiger partial charge in [0.1, 0.15) is 5.69 Å². The second-order valence-electron chi connectivity index (χ2n) is 6.81. The van der Waals surface area contributed by atoms with Gasteiger partial charge in [0.05, 0.1) is 23.0 Å². The molecule has 1 aromatic rings. The first kappa shape index (κ1) is 18.1. The summed E-state index contributed by atoms with van der Waals surface area (Å²) < 4.78 is 31.9. The summed E-state index contributed by atoms with van der Waals surface area (Å²) in [6, 6.07) is 3.87. The molecule has 0 spiro atoms. The molecule has 10 heteroatoms. The molecule has 0 aromatic heterocycles. The van der Waals surface area contributed by atoms with Crippen LogP contribution in [0.1, 0.15) is 12.8 Å². The number of allylic oxidation sites excluding steroid dienone is 2. The third-order valence-electron chi connectivity index (χ3n) is 5.26. The lowest BCUT2D eigenvalue weighted by molar-refractivity contribution is -0.384. The largest absolute Gasteiger partial charge is 0.379 e. The standard InChI is InChI=1S/C17H20N4O5S/c22-21(23)17-11-13(27(24,25)20-6-8-26-9-7-20)4-5-15(17)18-19-16-10-12-2-1-3-14(12)16/h1-2,4-5,11-12,14,18H,3,6-10H2/b19-16+. The van der Waals surface area contributed by atoms with E-state index in [4.69, 9.17) is 4.74 Å². The van der Waals surface area contributed by atoms with Gasteiger partial charge in [-0.2, -0.15) is 9.41 Å². The quantitative estimate of drug-likeness (QED) is 0.466. The molecule has 1 N–H and O–H groups in total. The van der Waals surface area contributed by atoms with Crippen LogP contribution in [0.4, 0.5) is 11.4 Å². The number of benzene rings is 1. The fraction of sp³-hybridized carbons (Fsp3) is 0.471. The molecule has 1 heterocycles. The average Bonchev–Trinajstić information content (AvgIpc) is 3.03. The van der Waals surface area contributed by atoms with Crippen molar-refractivity contribution >= 4 is 27.1 Å². The average molecular weight is 392 g/mol. The minimum Gasteiger partial charge on any atom is -0.379 e. The number of rotatable bonds is 5. The van der Waals surface area contributed by atoms with Gasteiger partial charge in [-0.05, 0) is 30.9 Å². The van der Waals surface area contributed by atoms with Crippen LogP contribution < -0.4 is 5.43 Å². The van der Waals surface area contributed by atoms with Gasteiger partial charge in [-0.1, -0.05) is 12.2 Å². The highest BCUT2D eigenvalue weighted by molar-refractivity contribution is 7.89. The van der Waals surface area contributed by atoms with Crippen molar-refractivity contribution in [2.75, 3.05) is 31.7 Å². The maximum atomic E-state index is 12.7. The smallest absolute Gasteiger partial charge is 0.295 e. The Kier molecular flexibility index (Phi) is 4.70. The second kappa shape index (κ2) is 7.02. The van der Waals surface area contributed by atoms with Gasteiger partial charge in [0.2, 0.25) is 10.0 Å². The topological polar surface area (TPSA) is 114 Å². The van der Waals surface area contributed by atoms with Crippen molar-refractivity contribution in [2.24, 2.45) is 16.9 Å². The first-order valence-electron chi connectivity index (χ1n) is 8.82. The van der Waals surface area contributed by atoms with Crippen molar-refractivity contribution in [3.8, 4) is 0 Å². The van der Waals surface area contributed by atoms with Gasteiger partial charge in [0.25, 0.3) is 5.69 Å². The summed E-state index contributed by atoms with van der Waals surface area (Å²) in [5, 5.41) is 15.8. The monoisotopic (exact) mass is 392 g/mol. The van der Waals surface area contributed by atoms with E-state index < -0.39 is 14.9 Å². The summed E-state index contributed by atoms with van der Waals surface area (Å²) in [5.41, 5.74) is 3.62. The van der Waals surface area contributed by atoms with Crippen molar-refractivity contribution in [3.05, 3.63) is 40.5 Å². The fourth-order valence-electron chi connectivity index (χ4n) is 3.65. The number of morpholine rings is 1. The van der Waals surface area contributed by atoms with Crippen molar-refractivity contribution in [1.29, 1.82) is 0 Å². The Bertz CT molecular complexity index is 921. The van der Waals surface area contributed by atoms with E-state index in [9.17, 15) is 18.5 Å². The molecule has 1 saturated carbocycles. The maximum absolute atomic E-state index is 12.7. The normalized spacial score (nSPS) is 26.6. The minimum atomic E-state index is -3.79. The van der Waals surface area contributed by atoms with Crippen LogP contribution in [-0.2, 0) is 14.8 Å². The lowest BCUT2D eigenvalue weighted by Gasteiger charge is -2.31. The third kappa shape index (κ3) is 3.35. The summed E-state index contributed by atoms with van der Waals surface area (Å²) in [6.07, 6.45) is 6.11. The maximum Gasteiger partial charge on any atom is 0.295 e. The Hall–Kier alpha value is -2.30. The third-order valence-corrected chi connectivity index (χ3v) is 7.15. The molecule has 1 aromatic carbocycles. The lowest BCUT2D eigenvalue weighted by Crippen LogP contribution is -2.40. The van der Waals surface area contributed by atoms with Gasteiger partial charge in [0.15, 0.2) is 0 Å². The van der Waals surface area contributed by atoms with Crippen LogP contribution >= 0.6 is 0 Å². The first-order valence-corrected chi connectivity index (χ1v) is 10.3. The molecule has 3 aliphatic rings. The zero-order valence-electron chi connectivity index (χ0n) is 14.6. The van der Waals surface area contributed by atoms with Gasteiger partial charge < -0.3 is 4.74 Å². The molecule has 1 saturated heterocycles. The van der Waals surface area contributed by atoms with Crippen LogP contribution in [0.25, 0.3) is 0 Å². The van der Waals surface area contributed by atoms with E-state index in [1.165, 1.54) is 16.4 Å². The van der Waals surface area contributed by atoms with E-state index in [-0.39, 0.29) is 29.4 Å². The number of nitro benzene ring substituents is 1. The minimum absolute atomic E-state index is 0.0991. The van der Waals surface area contributed by atoms with Crippen LogP contribution in [0.3, 0.4) is 0 Å². The Morgan fingerprint density at radius 1 is 1.30 bits per heavy atom. The molecule has 4 rings (SSSR count). The van der Waals surface area contributed by atoms with E-state index in [2.05, 4.69) is 22.7 Å². The van der Waals surface area contributed by atoms with Crippen molar-refractivity contribution in [1.82, 2.24) is 4.31 Å². The van der Waals surface area contributed by atoms with Gasteiger partial charge in [-0.25, -0.2) is 8.42 Å². The SMILES string of the molecule is O=[N+]([O-])c1cc(S(=O)(=O)N2CCOCC2)ccc1N/N=C1\CC2C=CCC12. The van der Waals surface area contributed by atoms with Crippen LogP contribution in [0.2, 0.25) is 0 Å². The summed E-state index contributed by atoms with van der Waals surface area (Å²) in [5.74, 6) is 0.916. The fourth-order valence-corrected chi connectivity index (χ4v) is 5.08. The highest BCUT2D eigenvalue weighted by Crippen LogP contribution is 2.40. The molecule has 2 unspecified atom stereocenters. The summed E-state index contributed by atoms with van der Waals surface area (Å²) in [7, 11) is -3.79.